The highest BCUT2D eigenvalue weighted by molar-refractivity contribution is 6.31. The van der Waals surface area contributed by atoms with E-state index in [0.29, 0.717) is 22.9 Å². The van der Waals surface area contributed by atoms with Crippen LogP contribution >= 0.6 is 11.6 Å². The average molecular weight is 562 g/mol. The van der Waals surface area contributed by atoms with Crippen LogP contribution in [0.3, 0.4) is 0 Å². The van der Waals surface area contributed by atoms with Crippen molar-refractivity contribution in [2.24, 2.45) is 0 Å². The topological polar surface area (TPSA) is 59.8 Å². The molecular formula is C31H19ClF3NO4. The zero-order valence-electron chi connectivity index (χ0n) is 20.6. The van der Waals surface area contributed by atoms with E-state index in [1.54, 1.807) is 24.3 Å². The molecule has 1 unspecified atom stereocenters. The molecule has 200 valence electrons. The molecule has 0 N–H and O–H groups in total. The van der Waals surface area contributed by atoms with Gasteiger partial charge in [0.2, 0.25) is 5.76 Å². The molecule has 0 aliphatic carbocycles. The van der Waals surface area contributed by atoms with Gasteiger partial charge in [0, 0.05) is 10.7 Å². The lowest BCUT2D eigenvalue weighted by Gasteiger charge is -2.26. The number of rotatable bonds is 5. The van der Waals surface area contributed by atoms with Gasteiger partial charge in [0.1, 0.15) is 17.9 Å². The van der Waals surface area contributed by atoms with Gasteiger partial charge < -0.3 is 9.15 Å². The number of nitrogens with zero attached hydrogens (tertiary/aromatic N) is 1. The van der Waals surface area contributed by atoms with Gasteiger partial charge in [0.05, 0.1) is 22.6 Å². The average Bonchev–Trinajstić information content (AvgIpc) is 3.25. The van der Waals surface area contributed by atoms with E-state index in [9.17, 15) is 22.8 Å². The van der Waals surface area contributed by atoms with Crippen LogP contribution in [0.5, 0.6) is 5.75 Å². The minimum absolute atomic E-state index is 0.0233. The maximum Gasteiger partial charge on any atom is 0.416 e. The lowest BCUT2D eigenvalue weighted by Crippen LogP contribution is -2.29. The summed E-state index contributed by atoms with van der Waals surface area (Å²) >= 11 is 6.12. The Hall–Kier alpha value is -4.56. The van der Waals surface area contributed by atoms with Gasteiger partial charge in [-0.25, -0.2) is 0 Å². The third kappa shape index (κ3) is 4.60. The van der Waals surface area contributed by atoms with Gasteiger partial charge in [-0.15, -0.1) is 0 Å². The van der Waals surface area contributed by atoms with Crippen LogP contribution in [0.2, 0.25) is 5.02 Å². The summed E-state index contributed by atoms with van der Waals surface area (Å²) < 4.78 is 52.4. The molecular weight excluding hydrogens is 543 g/mol. The first kappa shape index (κ1) is 25.7. The molecule has 0 spiro atoms. The van der Waals surface area contributed by atoms with Gasteiger partial charge in [0.25, 0.3) is 5.91 Å². The third-order valence-electron chi connectivity index (χ3n) is 6.73. The molecule has 1 amide bonds. The number of anilines is 1. The number of fused-ring (bicyclic) bond motifs is 2. The molecule has 1 aromatic heterocycles. The van der Waals surface area contributed by atoms with Gasteiger partial charge >= 0.3 is 6.18 Å². The molecule has 5 aromatic rings. The summed E-state index contributed by atoms with van der Waals surface area (Å²) in [7, 11) is 0. The Morgan fingerprint density at radius 2 is 1.62 bits per heavy atom. The summed E-state index contributed by atoms with van der Waals surface area (Å²) in [5, 5.41) is 0.466. The van der Waals surface area contributed by atoms with Crippen molar-refractivity contribution in [2.45, 2.75) is 18.8 Å². The van der Waals surface area contributed by atoms with Crippen LogP contribution in [0.4, 0.5) is 18.9 Å². The zero-order valence-corrected chi connectivity index (χ0v) is 21.4. The Morgan fingerprint density at radius 3 is 2.35 bits per heavy atom. The van der Waals surface area contributed by atoms with E-state index in [-0.39, 0.29) is 28.0 Å². The predicted octanol–water partition coefficient (Wildman–Crippen LogP) is 7.79. The molecule has 0 saturated heterocycles. The maximum atomic E-state index is 13.7. The lowest BCUT2D eigenvalue weighted by molar-refractivity contribution is -0.137. The van der Waals surface area contributed by atoms with Crippen LogP contribution in [-0.2, 0) is 12.8 Å². The molecule has 9 heteroatoms. The summed E-state index contributed by atoms with van der Waals surface area (Å²) in [6.07, 6.45) is -4.63. The Balaban J connectivity index is 1.46. The Kier molecular flexibility index (Phi) is 6.35. The van der Waals surface area contributed by atoms with E-state index in [4.69, 9.17) is 20.8 Å². The fraction of sp³-hybridized carbons (Fsp3) is 0.0968. The molecule has 40 heavy (non-hydrogen) atoms. The number of carbonyl (C=O) groups is 1. The fourth-order valence-corrected chi connectivity index (χ4v) is 5.02. The second-order valence-electron chi connectivity index (χ2n) is 9.28. The van der Waals surface area contributed by atoms with Crippen LogP contribution in [-0.4, -0.2) is 5.91 Å². The quantitative estimate of drug-likeness (QED) is 0.220. The summed E-state index contributed by atoms with van der Waals surface area (Å²) in [5.74, 6) is -0.413. The number of hydrogen-bond donors (Lipinski definition) is 0. The van der Waals surface area contributed by atoms with Gasteiger partial charge in [-0.3, -0.25) is 14.5 Å². The van der Waals surface area contributed by atoms with E-state index in [1.807, 2.05) is 30.3 Å². The minimum Gasteiger partial charge on any atom is -0.489 e. The second-order valence-corrected chi connectivity index (χ2v) is 9.72. The highest BCUT2D eigenvalue weighted by Gasteiger charge is 2.44. The van der Waals surface area contributed by atoms with Crippen LogP contribution < -0.4 is 15.1 Å². The number of amides is 1. The SMILES string of the molecule is O=C1c2oc3ccc(Cl)cc3c(=O)c2C(c2ccc(OCc3ccccc3)cc2)N1c1cccc(C(F)(F)F)c1. The first-order chi connectivity index (χ1) is 19.2. The molecule has 1 atom stereocenters. The van der Waals surface area contributed by atoms with Crippen molar-refractivity contribution in [2.75, 3.05) is 4.90 Å². The van der Waals surface area contributed by atoms with Crippen molar-refractivity contribution in [3.8, 4) is 5.75 Å². The van der Waals surface area contributed by atoms with E-state index in [2.05, 4.69) is 0 Å². The van der Waals surface area contributed by atoms with E-state index >= 15 is 0 Å². The monoisotopic (exact) mass is 561 g/mol. The Morgan fingerprint density at radius 1 is 0.875 bits per heavy atom. The number of halogens is 4. The summed E-state index contributed by atoms with van der Waals surface area (Å²) in [6.45, 7) is 0.331. The number of alkyl halides is 3. The molecule has 1 aliphatic rings. The van der Waals surface area contributed by atoms with Gasteiger partial charge in [-0.2, -0.15) is 13.2 Å². The zero-order chi connectivity index (χ0) is 28.0. The number of carbonyl (C=O) groups excluding carboxylic acids is 1. The van der Waals surface area contributed by atoms with Crippen molar-refractivity contribution >= 4 is 34.2 Å². The number of ether oxygens (including phenoxy) is 1. The van der Waals surface area contributed by atoms with Crippen LogP contribution in [0.25, 0.3) is 11.0 Å². The third-order valence-corrected chi connectivity index (χ3v) is 6.96. The first-order valence-corrected chi connectivity index (χ1v) is 12.6. The van der Waals surface area contributed by atoms with Crippen LogP contribution in [0, 0.1) is 0 Å². The fourth-order valence-electron chi connectivity index (χ4n) is 4.85. The van der Waals surface area contributed by atoms with Gasteiger partial charge in [0.15, 0.2) is 5.43 Å². The molecule has 2 heterocycles. The van der Waals surface area contributed by atoms with E-state index in [0.717, 1.165) is 22.6 Å². The van der Waals surface area contributed by atoms with Crippen molar-refractivity contribution in [3.63, 3.8) is 0 Å². The maximum absolute atomic E-state index is 13.7. The smallest absolute Gasteiger partial charge is 0.416 e. The molecule has 5 nitrogen and oxygen atoms in total. The standard InChI is InChI=1S/C31H19ClF3NO4/c32-21-11-14-25-24(16-21)28(37)26-27(19-9-12-23(13-10-19)39-17-18-5-2-1-3-6-18)36(30(38)29(26)40-25)22-8-4-7-20(15-22)31(33,34)35/h1-16,27H,17H2. The highest BCUT2D eigenvalue weighted by atomic mass is 35.5. The number of benzene rings is 4. The summed E-state index contributed by atoms with van der Waals surface area (Å²) in [5.41, 5.74) is 0.198. The summed E-state index contributed by atoms with van der Waals surface area (Å²) in [6, 6.07) is 24.1. The van der Waals surface area contributed by atoms with Gasteiger partial charge in [-0.1, -0.05) is 60.1 Å². The highest BCUT2D eigenvalue weighted by Crippen LogP contribution is 2.43. The molecule has 6 rings (SSSR count). The molecule has 0 bridgehead atoms. The largest absolute Gasteiger partial charge is 0.489 e. The van der Waals surface area contributed by atoms with Crippen LogP contribution in [0.15, 0.2) is 106 Å². The van der Waals surface area contributed by atoms with Crippen molar-refractivity contribution in [1.29, 1.82) is 0 Å². The van der Waals surface area contributed by atoms with Crippen molar-refractivity contribution < 1.29 is 27.1 Å². The van der Waals surface area contributed by atoms with E-state index in [1.165, 1.54) is 30.3 Å². The normalized spacial score (nSPS) is 14.9. The van der Waals surface area contributed by atoms with Crippen molar-refractivity contribution in [1.82, 2.24) is 0 Å². The Labute approximate surface area is 231 Å². The molecule has 1 aliphatic heterocycles. The minimum atomic E-state index is -4.63. The Bertz CT molecular complexity index is 1800. The van der Waals surface area contributed by atoms with Crippen LogP contribution in [0.1, 0.15) is 38.9 Å². The van der Waals surface area contributed by atoms with Crippen molar-refractivity contribution in [3.05, 3.63) is 140 Å². The molecule has 0 saturated carbocycles. The molecule has 4 aromatic carbocycles. The molecule has 0 fully saturated rings. The lowest BCUT2D eigenvalue weighted by atomic mass is 9.98. The van der Waals surface area contributed by atoms with Gasteiger partial charge in [-0.05, 0) is 59.7 Å². The predicted molar refractivity (Wildman–Crippen MR) is 145 cm³/mol. The number of hydrogen-bond acceptors (Lipinski definition) is 4. The second kappa shape index (κ2) is 9.88. The first-order valence-electron chi connectivity index (χ1n) is 12.2. The van der Waals surface area contributed by atoms with E-state index < -0.39 is 29.1 Å². The summed E-state index contributed by atoms with van der Waals surface area (Å²) in [4.78, 5) is 28.6. The molecule has 0 radical (unpaired) electrons.